The molecule has 1 aromatic carbocycles. The van der Waals surface area contributed by atoms with Gasteiger partial charge in [0.15, 0.2) is 0 Å². The number of thiazole rings is 1. The maximum absolute atomic E-state index is 5.56. The third-order valence-corrected chi connectivity index (χ3v) is 2.74. The van der Waals surface area contributed by atoms with Gasteiger partial charge in [-0.1, -0.05) is 0 Å². The second-order valence-electron chi connectivity index (χ2n) is 3.94. The minimum atomic E-state index is 0.191. The van der Waals surface area contributed by atoms with E-state index in [-0.39, 0.29) is 6.10 Å². The Morgan fingerprint density at radius 2 is 2.11 bits per heavy atom. The van der Waals surface area contributed by atoms with Crippen LogP contribution >= 0.6 is 11.3 Å². The first-order valence-corrected chi connectivity index (χ1v) is 6.57. The number of rotatable bonds is 5. The molecule has 0 fully saturated rings. The molecule has 1 heterocycles. The van der Waals surface area contributed by atoms with Crippen molar-refractivity contribution in [1.82, 2.24) is 4.98 Å². The smallest absolute Gasteiger partial charge is 0.203 e. The number of hydrazone groups is 1. The van der Waals surface area contributed by atoms with Crippen LogP contribution in [0.4, 0.5) is 5.13 Å². The van der Waals surface area contributed by atoms with Gasteiger partial charge in [0.1, 0.15) is 5.75 Å². The molecular formula is C13H15N3OS. The van der Waals surface area contributed by atoms with E-state index in [2.05, 4.69) is 15.5 Å². The molecule has 1 aromatic heterocycles. The zero-order valence-electron chi connectivity index (χ0n) is 10.3. The third kappa shape index (κ3) is 3.85. The van der Waals surface area contributed by atoms with Gasteiger partial charge in [0.05, 0.1) is 12.3 Å². The second-order valence-corrected chi connectivity index (χ2v) is 4.84. The molecule has 0 saturated carbocycles. The Morgan fingerprint density at radius 1 is 1.33 bits per heavy atom. The Kier molecular flexibility index (Phi) is 4.30. The maximum atomic E-state index is 5.56. The summed E-state index contributed by atoms with van der Waals surface area (Å²) < 4.78 is 5.56. The fourth-order valence-electron chi connectivity index (χ4n) is 1.35. The van der Waals surface area contributed by atoms with E-state index in [0.29, 0.717) is 0 Å². The fourth-order valence-corrected chi connectivity index (χ4v) is 1.82. The number of nitrogens with zero attached hydrogens (tertiary/aromatic N) is 2. The van der Waals surface area contributed by atoms with Crippen molar-refractivity contribution in [1.29, 1.82) is 0 Å². The van der Waals surface area contributed by atoms with Crippen LogP contribution in [0.3, 0.4) is 0 Å². The number of hydrogen-bond donors (Lipinski definition) is 1. The summed E-state index contributed by atoms with van der Waals surface area (Å²) in [6, 6.07) is 7.80. The van der Waals surface area contributed by atoms with E-state index in [1.807, 2.05) is 43.5 Å². The highest BCUT2D eigenvalue weighted by Crippen LogP contribution is 2.13. The molecular weight excluding hydrogens is 246 g/mol. The number of anilines is 1. The van der Waals surface area contributed by atoms with E-state index >= 15 is 0 Å². The molecule has 0 amide bonds. The number of ether oxygens (including phenoxy) is 1. The summed E-state index contributed by atoms with van der Waals surface area (Å²) in [5, 5.41) is 6.79. The van der Waals surface area contributed by atoms with E-state index < -0.39 is 0 Å². The molecule has 0 aliphatic heterocycles. The molecule has 18 heavy (non-hydrogen) atoms. The van der Waals surface area contributed by atoms with Crippen LogP contribution in [0.2, 0.25) is 0 Å². The van der Waals surface area contributed by atoms with Crippen molar-refractivity contribution in [3.63, 3.8) is 0 Å². The molecule has 94 valence electrons. The van der Waals surface area contributed by atoms with Crippen molar-refractivity contribution in [2.24, 2.45) is 5.10 Å². The summed E-state index contributed by atoms with van der Waals surface area (Å²) in [6.45, 7) is 4.01. The van der Waals surface area contributed by atoms with Crippen LogP contribution in [0.25, 0.3) is 0 Å². The molecule has 4 nitrogen and oxygen atoms in total. The van der Waals surface area contributed by atoms with E-state index in [1.165, 1.54) is 11.3 Å². The van der Waals surface area contributed by atoms with E-state index in [1.54, 1.807) is 12.4 Å². The minimum Gasteiger partial charge on any atom is -0.491 e. The van der Waals surface area contributed by atoms with E-state index in [9.17, 15) is 0 Å². The first-order valence-electron chi connectivity index (χ1n) is 5.69. The van der Waals surface area contributed by atoms with Crippen LogP contribution in [-0.4, -0.2) is 17.3 Å². The number of nitrogens with one attached hydrogen (secondary N) is 1. The molecule has 0 spiro atoms. The first-order chi connectivity index (χ1) is 8.74. The zero-order chi connectivity index (χ0) is 12.8. The minimum absolute atomic E-state index is 0.191. The Balaban J connectivity index is 1.91. The predicted octanol–water partition coefficient (Wildman–Crippen LogP) is 3.38. The van der Waals surface area contributed by atoms with Crippen molar-refractivity contribution in [2.75, 3.05) is 5.43 Å². The number of aromatic nitrogens is 1. The van der Waals surface area contributed by atoms with Crippen molar-refractivity contribution in [2.45, 2.75) is 20.0 Å². The topological polar surface area (TPSA) is 46.5 Å². The van der Waals surface area contributed by atoms with Gasteiger partial charge in [-0.25, -0.2) is 4.98 Å². The fraction of sp³-hybridized carbons (Fsp3) is 0.231. The van der Waals surface area contributed by atoms with E-state index in [0.717, 1.165) is 16.4 Å². The average molecular weight is 261 g/mol. The highest BCUT2D eigenvalue weighted by Gasteiger charge is 1.96. The lowest BCUT2D eigenvalue weighted by molar-refractivity contribution is 0.242. The first kappa shape index (κ1) is 12.6. The summed E-state index contributed by atoms with van der Waals surface area (Å²) >= 11 is 1.51. The SMILES string of the molecule is CC(C)Oc1ccc(/C=N/Nc2nccs2)cc1. The zero-order valence-corrected chi connectivity index (χ0v) is 11.1. The largest absolute Gasteiger partial charge is 0.491 e. The molecule has 2 aromatic rings. The van der Waals surface area contributed by atoms with Gasteiger partial charge in [0.25, 0.3) is 0 Å². The summed E-state index contributed by atoms with van der Waals surface area (Å²) in [4.78, 5) is 4.07. The predicted molar refractivity (Wildman–Crippen MR) is 75.5 cm³/mol. The number of benzene rings is 1. The molecule has 0 saturated heterocycles. The van der Waals surface area contributed by atoms with Gasteiger partial charge >= 0.3 is 0 Å². The highest BCUT2D eigenvalue weighted by atomic mass is 32.1. The van der Waals surface area contributed by atoms with Gasteiger partial charge in [-0.2, -0.15) is 5.10 Å². The molecule has 0 unspecified atom stereocenters. The van der Waals surface area contributed by atoms with Crippen LogP contribution < -0.4 is 10.2 Å². The summed E-state index contributed by atoms with van der Waals surface area (Å²) in [6.07, 6.45) is 3.68. The molecule has 0 atom stereocenters. The van der Waals surface area contributed by atoms with Gasteiger partial charge in [-0.05, 0) is 43.7 Å². The molecule has 0 radical (unpaired) electrons. The third-order valence-electron chi connectivity index (χ3n) is 2.06. The maximum Gasteiger partial charge on any atom is 0.203 e. The van der Waals surface area contributed by atoms with Crippen LogP contribution in [0, 0.1) is 0 Å². The van der Waals surface area contributed by atoms with Crippen molar-refractivity contribution in [3.8, 4) is 5.75 Å². The molecule has 0 bridgehead atoms. The lowest BCUT2D eigenvalue weighted by Gasteiger charge is -2.08. The van der Waals surface area contributed by atoms with Gasteiger partial charge < -0.3 is 4.74 Å². The van der Waals surface area contributed by atoms with Crippen LogP contribution in [-0.2, 0) is 0 Å². The van der Waals surface area contributed by atoms with Gasteiger partial charge in [0, 0.05) is 11.6 Å². The Labute approximate surface area is 110 Å². The summed E-state index contributed by atoms with van der Waals surface area (Å²) in [5.41, 5.74) is 3.87. The highest BCUT2D eigenvalue weighted by molar-refractivity contribution is 7.13. The Hall–Kier alpha value is -1.88. The average Bonchev–Trinajstić information content (AvgIpc) is 2.84. The molecule has 5 heteroatoms. The van der Waals surface area contributed by atoms with Crippen molar-refractivity contribution >= 4 is 22.7 Å². The van der Waals surface area contributed by atoms with Gasteiger partial charge in [0.2, 0.25) is 5.13 Å². The van der Waals surface area contributed by atoms with Crippen LogP contribution in [0.5, 0.6) is 5.75 Å². The molecule has 0 aliphatic carbocycles. The molecule has 0 aliphatic rings. The normalized spacial score (nSPS) is 11.1. The Bertz CT molecular complexity index is 491. The van der Waals surface area contributed by atoms with E-state index in [4.69, 9.17) is 4.74 Å². The lowest BCUT2D eigenvalue weighted by Crippen LogP contribution is -2.05. The van der Waals surface area contributed by atoms with Crippen molar-refractivity contribution < 1.29 is 4.74 Å². The number of hydrogen-bond acceptors (Lipinski definition) is 5. The van der Waals surface area contributed by atoms with Gasteiger partial charge in [-0.3, -0.25) is 5.43 Å². The summed E-state index contributed by atoms with van der Waals surface area (Å²) in [7, 11) is 0. The second kappa shape index (κ2) is 6.16. The molecule has 1 N–H and O–H groups in total. The van der Waals surface area contributed by atoms with Crippen LogP contribution in [0.1, 0.15) is 19.4 Å². The summed E-state index contributed by atoms with van der Waals surface area (Å²) in [5.74, 6) is 0.870. The lowest BCUT2D eigenvalue weighted by atomic mass is 10.2. The quantitative estimate of drug-likeness (QED) is 0.663. The monoisotopic (exact) mass is 261 g/mol. The standard InChI is InChI=1S/C13H15N3OS/c1-10(2)17-12-5-3-11(4-6-12)9-15-16-13-14-7-8-18-13/h3-10H,1-2H3,(H,14,16)/b15-9+. The van der Waals surface area contributed by atoms with Gasteiger partial charge in [-0.15, -0.1) is 11.3 Å². The Morgan fingerprint density at radius 3 is 2.72 bits per heavy atom. The molecule has 2 rings (SSSR count). The van der Waals surface area contributed by atoms with Crippen LogP contribution in [0.15, 0.2) is 40.9 Å². The van der Waals surface area contributed by atoms with Crippen molar-refractivity contribution in [3.05, 3.63) is 41.4 Å².